The van der Waals surface area contributed by atoms with Gasteiger partial charge in [-0.1, -0.05) is 26.8 Å². The Morgan fingerprint density at radius 3 is 1.72 bits per heavy atom. The topological polar surface area (TPSA) is 271 Å². The fraction of sp³-hybridized carbons (Fsp3) is 0.655. The highest BCUT2D eigenvalue weighted by Gasteiger charge is 2.58. The maximum Gasteiger partial charge on any atom is 0.329 e. The predicted molar refractivity (Wildman–Crippen MR) is 304 cm³/mol. The van der Waals surface area contributed by atoms with Crippen molar-refractivity contribution in [1.82, 2.24) is 49.4 Å². The number of carbonyl (C=O) groups is 7. The highest BCUT2D eigenvalue weighted by atomic mass is 16.5. The van der Waals surface area contributed by atoms with Crippen molar-refractivity contribution < 1.29 is 63.5 Å². The first kappa shape index (κ1) is 63.8. The lowest BCUT2D eigenvalue weighted by atomic mass is 9.56. The number of nitrogens with zero attached hydrogens (tertiary/aromatic N) is 9. The zero-order chi connectivity index (χ0) is 59.1. The normalized spacial score (nSPS) is 22.7. The number of carboxylic acids is 4. The number of allylic oxidation sites excluding steroid dienone is 3. The molecule has 4 aliphatic rings. The van der Waals surface area contributed by atoms with Gasteiger partial charge in [-0.3, -0.25) is 48.4 Å². The molecular formula is C58H88N10O13. The van der Waals surface area contributed by atoms with Crippen LogP contribution < -0.4 is 14.8 Å². The van der Waals surface area contributed by atoms with Gasteiger partial charge in [0.15, 0.2) is 5.69 Å². The molecule has 0 spiro atoms. The van der Waals surface area contributed by atoms with Gasteiger partial charge in [0.2, 0.25) is 11.8 Å². The zero-order valence-electron chi connectivity index (χ0n) is 48.9. The van der Waals surface area contributed by atoms with E-state index in [0.717, 1.165) is 24.1 Å². The number of benzene rings is 1. The van der Waals surface area contributed by atoms with E-state index < -0.39 is 35.3 Å². The fourth-order valence-electron chi connectivity index (χ4n) is 12.2. The summed E-state index contributed by atoms with van der Waals surface area (Å²) in [5, 5.41) is 47.4. The molecule has 4 unspecified atom stereocenters. The van der Waals surface area contributed by atoms with Crippen molar-refractivity contribution in [3.8, 4) is 22.8 Å². The molecule has 0 radical (unpaired) electrons. The minimum absolute atomic E-state index is 0.0609. The molecule has 1 saturated heterocycles. The van der Waals surface area contributed by atoms with Gasteiger partial charge in [-0.15, -0.1) is 0 Å². The number of methoxy groups -OCH3 is 2. The van der Waals surface area contributed by atoms with Gasteiger partial charge in [0.25, 0.3) is 5.91 Å². The molecule has 2 saturated carbocycles. The number of ether oxygens (including phenoxy) is 2. The Bertz CT molecular complexity index is 2570. The summed E-state index contributed by atoms with van der Waals surface area (Å²) in [5.74, 6) is -3.12. The second kappa shape index (κ2) is 29.5. The summed E-state index contributed by atoms with van der Waals surface area (Å²) in [6, 6.07) is 7.09. The van der Waals surface area contributed by atoms with E-state index in [2.05, 4.69) is 24.1 Å². The van der Waals surface area contributed by atoms with Gasteiger partial charge in [-0.05, 0) is 131 Å². The average Bonchev–Trinajstić information content (AvgIpc) is 3.92. The molecule has 6 rings (SSSR count). The lowest BCUT2D eigenvalue weighted by Crippen LogP contribution is -2.64. The molecule has 3 amide bonds. The van der Waals surface area contributed by atoms with Gasteiger partial charge >= 0.3 is 23.9 Å². The maximum absolute atomic E-state index is 14.5. The molecule has 5 atom stereocenters. The number of aliphatic carboxylic acids is 4. The van der Waals surface area contributed by atoms with Gasteiger partial charge in [0.05, 0.1) is 51.7 Å². The third-order valence-corrected chi connectivity index (χ3v) is 17.0. The molecular weight excluding hydrogens is 1040 g/mol. The number of hydrogen-bond donors (Lipinski definition) is 5. The highest BCUT2D eigenvalue weighted by molar-refractivity contribution is 5.99. The van der Waals surface area contributed by atoms with Crippen LogP contribution in [0.2, 0.25) is 0 Å². The van der Waals surface area contributed by atoms with E-state index in [0.29, 0.717) is 151 Å². The molecule has 2 heterocycles. The summed E-state index contributed by atoms with van der Waals surface area (Å²) in [5.41, 5.74) is 2.07. The largest absolute Gasteiger partial charge is 0.496 e. The third-order valence-electron chi connectivity index (χ3n) is 17.0. The lowest BCUT2D eigenvalue weighted by Gasteiger charge is -2.51. The van der Waals surface area contributed by atoms with Crippen molar-refractivity contribution in [1.29, 1.82) is 0 Å². The first-order valence-corrected chi connectivity index (χ1v) is 28.6. The first-order valence-electron chi connectivity index (χ1n) is 28.6. The number of amides is 3. The number of likely N-dealkylation sites (N-methyl/N-ethyl adjacent to an activating group) is 2. The second-order valence-electron chi connectivity index (χ2n) is 22.8. The van der Waals surface area contributed by atoms with Gasteiger partial charge in [0.1, 0.15) is 17.0 Å². The lowest BCUT2D eigenvalue weighted by molar-refractivity contribution is -0.152. The number of nitrogens with one attached hydrogen (secondary N) is 1. The van der Waals surface area contributed by atoms with Crippen LogP contribution in [0.4, 0.5) is 0 Å². The summed E-state index contributed by atoms with van der Waals surface area (Å²) in [6.07, 6.45) is 7.42. The molecule has 5 N–H and O–H groups in total. The van der Waals surface area contributed by atoms with Crippen LogP contribution in [-0.2, 0) is 28.8 Å². The van der Waals surface area contributed by atoms with Gasteiger partial charge in [0, 0.05) is 90.8 Å². The second-order valence-corrected chi connectivity index (χ2v) is 22.8. The Hall–Kier alpha value is -6.40. The van der Waals surface area contributed by atoms with Gasteiger partial charge in [-0.25, -0.2) is 9.48 Å². The van der Waals surface area contributed by atoms with E-state index in [1.165, 1.54) is 0 Å². The van der Waals surface area contributed by atoms with E-state index in [4.69, 9.17) is 14.6 Å². The molecule has 23 nitrogen and oxygen atoms in total. The van der Waals surface area contributed by atoms with Crippen molar-refractivity contribution >= 4 is 47.3 Å². The van der Waals surface area contributed by atoms with Crippen molar-refractivity contribution in [2.75, 3.05) is 140 Å². The van der Waals surface area contributed by atoms with Crippen LogP contribution in [0.3, 0.4) is 0 Å². The fourth-order valence-corrected chi connectivity index (χ4v) is 12.2. The van der Waals surface area contributed by atoms with Crippen LogP contribution in [0.5, 0.6) is 11.5 Å². The Labute approximate surface area is 476 Å². The molecule has 2 aromatic rings. The summed E-state index contributed by atoms with van der Waals surface area (Å²) >= 11 is 0. The number of carbonyl (C=O) groups excluding carboxylic acids is 3. The molecule has 81 heavy (non-hydrogen) atoms. The predicted octanol–water partition coefficient (Wildman–Crippen LogP) is 3.66. The van der Waals surface area contributed by atoms with Crippen LogP contribution in [0.15, 0.2) is 41.5 Å². The van der Waals surface area contributed by atoms with Crippen LogP contribution >= 0.6 is 0 Å². The van der Waals surface area contributed by atoms with E-state index >= 15 is 0 Å². The molecule has 1 aromatic carbocycles. The van der Waals surface area contributed by atoms with Crippen LogP contribution in [-0.4, -0.2) is 252 Å². The maximum atomic E-state index is 14.5. The average molecular weight is 1130 g/mol. The Morgan fingerprint density at radius 1 is 0.716 bits per heavy atom. The molecule has 448 valence electrons. The van der Waals surface area contributed by atoms with Crippen LogP contribution in [0.1, 0.15) is 89.0 Å². The van der Waals surface area contributed by atoms with E-state index in [1.807, 2.05) is 31.0 Å². The number of fused-ring (bicyclic) bond motifs is 1. The Balaban J connectivity index is 1.06. The molecule has 0 bridgehead atoms. The molecule has 1 aliphatic heterocycles. The molecule has 23 heteroatoms. The summed E-state index contributed by atoms with van der Waals surface area (Å²) in [4.78, 5) is 103. The minimum Gasteiger partial charge on any atom is -0.496 e. The highest BCUT2D eigenvalue weighted by Crippen LogP contribution is 2.54. The Kier molecular flexibility index (Phi) is 23.3. The van der Waals surface area contributed by atoms with E-state index in [1.54, 1.807) is 75.7 Å². The quantitative estimate of drug-likeness (QED) is 0.0949. The number of hydrogen-bond acceptors (Lipinski definition) is 15. The van der Waals surface area contributed by atoms with Crippen LogP contribution in [0.25, 0.3) is 17.0 Å². The summed E-state index contributed by atoms with van der Waals surface area (Å²) in [6.45, 7) is 10.6. The molecule has 3 aliphatic carbocycles. The molecule has 3 fully saturated rings. The number of aromatic nitrogens is 2. The summed E-state index contributed by atoms with van der Waals surface area (Å²) < 4.78 is 13.4. The van der Waals surface area contributed by atoms with Crippen molar-refractivity contribution in [3.05, 3.63) is 47.2 Å². The number of rotatable bonds is 25. The van der Waals surface area contributed by atoms with Crippen molar-refractivity contribution in [2.45, 2.75) is 84.1 Å². The minimum atomic E-state index is -1.42. The SMILES string of the molecule is CCC1=C(n2nc(C(=O)NC3(C(=O)O)CCC(C)CC4C3C[C@@H]4C)cc2-c2c(OC)cccc2OC)CCC(C(=O)N(C)CCCN(C)CCCN(C)C(=O)CN2CCN(CC(=O)O)CCN(CC(=O)O)CCN(CC(=O)O)CC2)=C1. The first-order chi connectivity index (χ1) is 38.6. The van der Waals surface area contributed by atoms with Gasteiger partial charge in [-0.2, -0.15) is 5.10 Å². The van der Waals surface area contributed by atoms with E-state index in [9.17, 15) is 54.0 Å². The standard InChI is InChI=1S/C58H88N10O13/c1-9-41-33-42(15-16-46(41)68-47(54-48(80-7)13-10-14-49(54)81-8)34-45(60-68)55(76)59-58(57(78)79)18-17-39(2)31-43-40(3)32-44(43)58)56(77)63(6)22-12-20-61(4)19-11-21-62(5)50(69)35-64-23-25-65(36-51(70)71)27-29-67(38-53(74)75)30-28-66(26-24-64)37-52(72)73/h10,13-14,33-34,39-40,43-44H,9,11-12,15-32,35-38H2,1-8H3,(H,59,76)(H,70,71)(H,72,73)(H,74,75)(H,78,79)/t39?,40-,43?,44?,58?/m0/s1. The Morgan fingerprint density at radius 2 is 1.23 bits per heavy atom. The van der Waals surface area contributed by atoms with E-state index in [-0.39, 0.29) is 68.6 Å². The third kappa shape index (κ3) is 16.9. The zero-order valence-corrected chi connectivity index (χ0v) is 48.9. The van der Waals surface area contributed by atoms with Crippen molar-refractivity contribution in [3.63, 3.8) is 0 Å². The van der Waals surface area contributed by atoms with Gasteiger partial charge < -0.3 is 49.9 Å². The summed E-state index contributed by atoms with van der Waals surface area (Å²) in [7, 11) is 8.66. The van der Waals surface area contributed by atoms with Crippen LogP contribution in [0, 0.1) is 23.7 Å². The smallest absolute Gasteiger partial charge is 0.329 e. The monoisotopic (exact) mass is 1130 g/mol. The number of carboxylic acid groups (broad SMARTS) is 4. The molecule has 1 aromatic heterocycles. The van der Waals surface area contributed by atoms with Crippen molar-refractivity contribution in [2.24, 2.45) is 23.7 Å².